The van der Waals surface area contributed by atoms with Crippen LogP contribution in [0.3, 0.4) is 0 Å². The van der Waals surface area contributed by atoms with Gasteiger partial charge in [0.2, 0.25) is 0 Å². The van der Waals surface area contributed by atoms with Crippen molar-refractivity contribution in [3.8, 4) is 0 Å². The predicted molar refractivity (Wildman–Crippen MR) is 87.4 cm³/mol. The Balaban J connectivity index is 2.11. The Morgan fingerprint density at radius 3 is 1.95 bits per heavy atom. The average Bonchev–Trinajstić information content (AvgIpc) is 2.35. The lowest BCUT2D eigenvalue weighted by molar-refractivity contribution is 0.0829. The normalized spacial score (nSPS) is 26.2. The third-order valence-corrected chi connectivity index (χ3v) is 5.74. The highest BCUT2D eigenvalue weighted by molar-refractivity contribution is 4.84. The van der Waals surface area contributed by atoms with E-state index in [-0.39, 0.29) is 0 Å². The molecule has 4 atom stereocenters. The van der Waals surface area contributed by atoms with Gasteiger partial charge in [0.1, 0.15) is 0 Å². The number of unbranched alkanes of at least 4 members (excludes halogenated alkanes) is 3. The van der Waals surface area contributed by atoms with E-state index in [9.17, 15) is 0 Å². The molecule has 0 saturated heterocycles. The Morgan fingerprint density at radius 1 is 0.895 bits per heavy atom. The van der Waals surface area contributed by atoms with E-state index in [1.54, 1.807) is 0 Å². The fourth-order valence-corrected chi connectivity index (χ4v) is 3.97. The molecule has 1 aliphatic rings. The van der Waals surface area contributed by atoms with Crippen molar-refractivity contribution in [2.45, 2.75) is 92.4 Å². The third-order valence-electron chi connectivity index (χ3n) is 5.74. The highest BCUT2D eigenvalue weighted by atomic mass is 14.4. The van der Waals surface area contributed by atoms with Gasteiger partial charge in [-0.1, -0.05) is 86.0 Å². The first-order valence-corrected chi connectivity index (χ1v) is 9.06. The molecule has 0 N–H and O–H groups in total. The first kappa shape index (κ1) is 17.1. The lowest BCUT2D eigenvalue weighted by Gasteiger charge is -2.42. The molecule has 0 nitrogen and oxygen atoms in total. The summed E-state index contributed by atoms with van der Waals surface area (Å²) in [5, 5.41) is 0. The lowest BCUT2D eigenvalue weighted by Crippen LogP contribution is -2.33. The summed E-state index contributed by atoms with van der Waals surface area (Å²) in [5.74, 6) is 4.92. The SMILES string of the molecule is CCC(CCCCCCC(C)C)C(C)C1CCC1C. The molecule has 0 aromatic carbocycles. The van der Waals surface area contributed by atoms with Gasteiger partial charge in [0.05, 0.1) is 0 Å². The molecule has 1 rings (SSSR count). The molecule has 0 aromatic rings. The van der Waals surface area contributed by atoms with Crippen molar-refractivity contribution in [2.75, 3.05) is 0 Å². The highest BCUT2D eigenvalue weighted by Gasteiger charge is 2.34. The minimum atomic E-state index is 0.892. The zero-order valence-corrected chi connectivity index (χ0v) is 14.3. The van der Waals surface area contributed by atoms with Crippen LogP contribution in [0.25, 0.3) is 0 Å². The van der Waals surface area contributed by atoms with Crippen molar-refractivity contribution in [3.63, 3.8) is 0 Å². The van der Waals surface area contributed by atoms with Crippen LogP contribution in [0, 0.1) is 29.6 Å². The van der Waals surface area contributed by atoms with Crippen LogP contribution in [0.2, 0.25) is 0 Å². The largest absolute Gasteiger partial charge is 0.0651 e. The second kappa shape index (κ2) is 9.03. The van der Waals surface area contributed by atoms with Gasteiger partial charge in [0.15, 0.2) is 0 Å². The van der Waals surface area contributed by atoms with Gasteiger partial charge >= 0.3 is 0 Å². The summed E-state index contributed by atoms with van der Waals surface area (Å²) in [5.41, 5.74) is 0. The van der Waals surface area contributed by atoms with E-state index in [1.807, 2.05) is 0 Å². The molecule has 0 heteroatoms. The van der Waals surface area contributed by atoms with Crippen LogP contribution in [0.1, 0.15) is 92.4 Å². The third kappa shape index (κ3) is 5.88. The second-order valence-corrected chi connectivity index (χ2v) is 7.63. The van der Waals surface area contributed by atoms with Crippen LogP contribution >= 0.6 is 0 Å². The molecular formula is C19H38. The summed E-state index contributed by atoms with van der Waals surface area (Å²) in [6, 6.07) is 0. The number of rotatable bonds is 10. The summed E-state index contributed by atoms with van der Waals surface area (Å²) >= 11 is 0. The van der Waals surface area contributed by atoms with Gasteiger partial charge < -0.3 is 0 Å². The second-order valence-electron chi connectivity index (χ2n) is 7.63. The van der Waals surface area contributed by atoms with Gasteiger partial charge in [-0.15, -0.1) is 0 Å². The number of hydrogen-bond acceptors (Lipinski definition) is 0. The summed E-state index contributed by atoms with van der Waals surface area (Å²) in [6.07, 6.45) is 13.2. The summed E-state index contributed by atoms with van der Waals surface area (Å²) in [7, 11) is 0. The molecule has 1 saturated carbocycles. The maximum atomic E-state index is 2.53. The van der Waals surface area contributed by atoms with E-state index < -0.39 is 0 Å². The van der Waals surface area contributed by atoms with Gasteiger partial charge in [-0.25, -0.2) is 0 Å². The van der Waals surface area contributed by atoms with Crippen LogP contribution in [-0.4, -0.2) is 0 Å². The summed E-state index contributed by atoms with van der Waals surface area (Å²) in [6.45, 7) is 12.1. The molecule has 114 valence electrons. The van der Waals surface area contributed by atoms with Crippen molar-refractivity contribution in [3.05, 3.63) is 0 Å². The molecule has 1 aliphatic carbocycles. The molecule has 0 aliphatic heterocycles. The van der Waals surface area contributed by atoms with E-state index in [4.69, 9.17) is 0 Å². The maximum absolute atomic E-state index is 2.53. The van der Waals surface area contributed by atoms with Crippen molar-refractivity contribution in [1.82, 2.24) is 0 Å². The van der Waals surface area contributed by atoms with Crippen LogP contribution in [0.15, 0.2) is 0 Å². The Hall–Kier alpha value is 0. The fourth-order valence-electron chi connectivity index (χ4n) is 3.97. The minimum Gasteiger partial charge on any atom is -0.0651 e. The average molecular weight is 267 g/mol. The maximum Gasteiger partial charge on any atom is -0.0360 e. The van der Waals surface area contributed by atoms with Crippen molar-refractivity contribution < 1.29 is 0 Å². The zero-order valence-electron chi connectivity index (χ0n) is 14.3. The summed E-state index contributed by atoms with van der Waals surface area (Å²) in [4.78, 5) is 0. The smallest absolute Gasteiger partial charge is 0.0360 e. The molecule has 1 fully saturated rings. The molecule has 4 unspecified atom stereocenters. The topological polar surface area (TPSA) is 0 Å². The molecule has 0 bridgehead atoms. The molecule has 0 heterocycles. The van der Waals surface area contributed by atoms with Crippen molar-refractivity contribution in [1.29, 1.82) is 0 Å². The van der Waals surface area contributed by atoms with Crippen LogP contribution in [0.5, 0.6) is 0 Å². The van der Waals surface area contributed by atoms with E-state index in [0.717, 1.165) is 29.6 Å². The highest BCUT2D eigenvalue weighted by Crippen LogP contribution is 2.43. The predicted octanol–water partition coefficient (Wildman–Crippen LogP) is 6.69. The Labute approximate surface area is 122 Å². The minimum absolute atomic E-state index is 0.892. The fraction of sp³-hybridized carbons (Fsp3) is 1.00. The standard InChI is InChI=1S/C19H38/c1-6-18(17(5)19-14-13-16(19)4)12-10-8-7-9-11-15(2)3/h15-19H,6-14H2,1-5H3. The monoisotopic (exact) mass is 266 g/mol. The molecule has 0 aromatic heterocycles. The number of hydrogen-bond donors (Lipinski definition) is 0. The van der Waals surface area contributed by atoms with Gasteiger partial charge in [-0.2, -0.15) is 0 Å². The van der Waals surface area contributed by atoms with E-state index >= 15 is 0 Å². The molecule has 0 amide bonds. The first-order chi connectivity index (χ1) is 9.06. The first-order valence-electron chi connectivity index (χ1n) is 9.06. The van der Waals surface area contributed by atoms with Crippen molar-refractivity contribution >= 4 is 0 Å². The van der Waals surface area contributed by atoms with Crippen molar-refractivity contribution in [2.24, 2.45) is 29.6 Å². The molecule has 0 spiro atoms. The van der Waals surface area contributed by atoms with Crippen LogP contribution in [0.4, 0.5) is 0 Å². The van der Waals surface area contributed by atoms with Gasteiger partial charge in [-0.3, -0.25) is 0 Å². The van der Waals surface area contributed by atoms with E-state index in [2.05, 4.69) is 34.6 Å². The Kier molecular flexibility index (Phi) is 8.11. The quantitative estimate of drug-likeness (QED) is 0.386. The molecular weight excluding hydrogens is 228 g/mol. The lowest BCUT2D eigenvalue weighted by atomic mass is 9.64. The Bertz CT molecular complexity index is 218. The molecule has 0 radical (unpaired) electrons. The van der Waals surface area contributed by atoms with Gasteiger partial charge in [0, 0.05) is 0 Å². The van der Waals surface area contributed by atoms with Crippen LogP contribution in [-0.2, 0) is 0 Å². The van der Waals surface area contributed by atoms with Gasteiger partial charge in [-0.05, 0) is 36.0 Å². The zero-order chi connectivity index (χ0) is 14.3. The Morgan fingerprint density at radius 2 is 1.53 bits per heavy atom. The summed E-state index contributed by atoms with van der Waals surface area (Å²) < 4.78 is 0. The van der Waals surface area contributed by atoms with Gasteiger partial charge in [0.25, 0.3) is 0 Å². The van der Waals surface area contributed by atoms with E-state index in [1.165, 1.54) is 57.8 Å². The molecule has 19 heavy (non-hydrogen) atoms. The van der Waals surface area contributed by atoms with Crippen LogP contribution < -0.4 is 0 Å². The van der Waals surface area contributed by atoms with E-state index in [0.29, 0.717) is 0 Å².